The maximum absolute atomic E-state index is 13.3. The van der Waals surface area contributed by atoms with Crippen molar-refractivity contribution >= 4 is 17.6 Å². The fourth-order valence-electron chi connectivity index (χ4n) is 4.12. The molecule has 0 radical (unpaired) electrons. The fourth-order valence-corrected chi connectivity index (χ4v) is 4.12. The highest BCUT2D eigenvalue weighted by molar-refractivity contribution is 6.03. The van der Waals surface area contributed by atoms with Crippen LogP contribution in [0, 0.1) is 11.8 Å². The first-order valence-corrected chi connectivity index (χ1v) is 10.3. The molecule has 1 aliphatic carbocycles. The van der Waals surface area contributed by atoms with Gasteiger partial charge in [0.05, 0.1) is 24.5 Å². The topological polar surface area (TPSA) is 76.1 Å². The van der Waals surface area contributed by atoms with Crippen molar-refractivity contribution in [2.24, 2.45) is 11.8 Å². The molecule has 1 aromatic rings. The summed E-state index contributed by atoms with van der Waals surface area (Å²) in [4.78, 5) is 26.9. The van der Waals surface area contributed by atoms with Crippen LogP contribution in [0.25, 0.3) is 0 Å². The van der Waals surface area contributed by atoms with Crippen molar-refractivity contribution in [1.29, 1.82) is 0 Å². The molecule has 0 aromatic heterocycles. The van der Waals surface area contributed by atoms with E-state index in [1.165, 1.54) is 6.07 Å². The molecule has 1 saturated carbocycles. The highest BCUT2D eigenvalue weighted by Gasteiger charge is 2.32. The van der Waals surface area contributed by atoms with E-state index in [1.54, 1.807) is 17.0 Å². The lowest BCUT2D eigenvalue weighted by Crippen LogP contribution is -2.43. The second-order valence-electron chi connectivity index (χ2n) is 8.35. The Bertz CT molecular complexity index is 703. The predicted molar refractivity (Wildman–Crippen MR) is 107 cm³/mol. The molecule has 6 heteroatoms. The van der Waals surface area contributed by atoms with Crippen molar-refractivity contribution < 1.29 is 24.2 Å². The minimum absolute atomic E-state index is 0.0299. The van der Waals surface area contributed by atoms with Gasteiger partial charge in [-0.05, 0) is 63.6 Å². The molecule has 2 aliphatic rings. The Labute approximate surface area is 166 Å². The number of anilines is 1. The zero-order chi connectivity index (χ0) is 20.3. The lowest BCUT2D eigenvalue weighted by Gasteiger charge is -2.34. The Morgan fingerprint density at radius 3 is 2.46 bits per heavy atom. The fraction of sp³-hybridized carbons (Fsp3) is 0.636. The Hall–Kier alpha value is -2.08. The molecule has 1 aliphatic heterocycles. The number of nitrogens with zero attached hydrogens (tertiary/aromatic N) is 1. The Balaban J connectivity index is 1.86. The number of carboxylic acids is 1. The van der Waals surface area contributed by atoms with Gasteiger partial charge in [0.2, 0.25) is 5.91 Å². The van der Waals surface area contributed by atoms with Crippen LogP contribution in [0.4, 0.5) is 5.69 Å². The lowest BCUT2D eigenvalue weighted by molar-refractivity contribution is -0.123. The minimum Gasteiger partial charge on any atom is -0.488 e. The van der Waals surface area contributed by atoms with Gasteiger partial charge in [-0.25, -0.2) is 4.79 Å². The zero-order valence-electron chi connectivity index (χ0n) is 17.0. The third kappa shape index (κ3) is 4.66. The Kier molecular flexibility index (Phi) is 6.60. The molecule has 1 saturated heterocycles. The number of carbonyl (C=O) groups is 2. The van der Waals surface area contributed by atoms with Crippen LogP contribution in [-0.4, -0.2) is 42.3 Å². The third-order valence-corrected chi connectivity index (χ3v) is 5.77. The van der Waals surface area contributed by atoms with Crippen molar-refractivity contribution in [3.05, 3.63) is 23.8 Å². The van der Waals surface area contributed by atoms with Crippen molar-refractivity contribution in [2.45, 2.75) is 65.0 Å². The molecular formula is C22H31NO5. The highest BCUT2D eigenvalue weighted by atomic mass is 16.5. The van der Waals surface area contributed by atoms with E-state index in [-0.39, 0.29) is 29.5 Å². The summed E-state index contributed by atoms with van der Waals surface area (Å²) in [6.45, 7) is 7.24. The molecule has 1 aromatic carbocycles. The normalized spacial score (nSPS) is 24.9. The van der Waals surface area contributed by atoms with Crippen LogP contribution >= 0.6 is 0 Å². The Morgan fingerprint density at radius 2 is 1.89 bits per heavy atom. The summed E-state index contributed by atoms with van der Waals surface area (Å²) >= 11 is 0. The molecule has 1 atom stereocenters. The molecule has 2 fully saturated rings. The average molecular weight is 389 g/mol. The van der Waals surface area contributed by atoms with Crippen LogP contribution in [0.3, 0.4) is 0 Å². The van der Waals surface area contributed by atoms with Crippen molar-refractivity contribution in [3.8, 4) is 5.75 Å². The molecule has 3 rings (SSSR count). The quantitative estimate of drug-likeness (QED) is 0.792. The number of carboxylic acid groups (broad SMARTS) is 1. The summed E-state index contributed by atoms with van der Waals surface area (Å²) in [5.41, 5.74) is 0.545. The molecule has 0 bridgehead atoms. The number of rotatable bonds is 6. The largest absolute Gasteiger partial charge is 0.488 e. The van der Waals surface area contributed by atoms with Gasteiger partial charge in [0.1, 0.15) is 11.9 Å². The number of carbonyl (C=O) groups excluding carboxylic acids is 1. The summed E-state index contributed by atoms with van der Waals surface area (Å²) in [5, 5.41) is 9.79. The van der Waals surface area contributed by atoms with Gasteiger partial charge in [0.15, 0.2) is 0 Å². The van der Waals surface area contributed by atoms with E-state index in [1.807, 2.05) is 13.8 Å². The van der Waals surface area contributed by atoms with Gasteiger partial charge in [-0.2, -0.15) is 0 Å². The average Bonchev–Trinajstić information content (AvgIpc) is 3.16. The van der Waals surface area contributed by atoms with E-state index < -0.39 is 5.97 Å². The predicted octanol–water partition coefficient (Wildman–Crippen LogP) is 4.12. The first-order chi connectivity index (χ1) is 13.4. The summed E-state index contributed by atoms with van der Waals surface area (Å²) in [6, 6.07) is 4.87. The second kappa shape index (κ2) is 8.95. The molecular weight excluding hydrogens is 358 g/mol. The van der Waals surface area contributed by atoms with Crippen LogP contribution in [0.2, 0.25) is 0 Å². The Morgan fingerprint density at radius 1 is 1.18 bits per heavy atom. The van der Waals surface area contributed by atoms with E-state index in [2.05, 4.69) is 6.92 Å². The summed E-state index contributed by atoms with van der Waals surface area (Å²) in [6.07, 6.45) is 4.57. The molecule has 1 unspecified atom stereocenters. The third-order valence-electron chi connectivity index (χ3n) is 5.77. The summed E-state index contributed by atoms with van der Waals surface area (Å²) in [5.74, 6) is 0.0920. The molecule has 1 heterocycles. The SMILES string of the molecule is CC1CCC(C(=O)N(c2ccc(OC3CCOC3)cc2C(=O)O)C(C)C)CC1. The molecule has 6 nitrogen and oxygen atoms in total. The van der Waals surface area contributed by atoms with E-state index in [9.17, 15) is 14.7 Å². The highest BCUT2D eigenvalue weighted by Crippen LogP contribution is 2.34. The van der Waals surface area contributed by atoms with Gasteiger partial charge in [0.25, 0.3) is 0 Å². The van der Waals surface area contributed by atoms with Crippen LogP contribution in [0.5, 0.6) is 5.75 Å². The van der Waals surface area contributed by atoms with Crippen molar-refractivity contribution in [3.63, 3.8) is 0 Å². The van der Waals surface area contributed by atoms with Crippen molar-refractivity contribution in [2.75, 3.05) is 18.1 Å². The first kappa shape index (κ1) is 20.6. The number of amides is 1. The van der Waals surface area contributed by atoms with E-state index in [4.69, 9.17) is 9.47 Å². The van der Waals surface area contributed by atoms with Gasteiger partial charge < -0.3 is 19.5 Å². The van der Waals surface area contributed by atoms with Crippen LogP contribution in [0.1, 0.15) is 63.2 Å². The number of benzene rings is 1. The van der Waals surface area contributed by atoms with E-state index in [0.29, 0.717) is 30.6 Å². The van der Waals surface area contributed by atoms with Gasteiger partial charge >= 0.3 is 5.97 Å². The zero-order valence-corrected chi connectivity index (χ0v) is 17.0. The van der Waals surface area contributed by atoms with Gasteiger partial charge in [-0.1, -0.05) is 6.92 Å². The number of aromatic carboxylic acids is 1. The molecule has 1 amide bonds. The van der Waals surface area contributed by atoms with Crippen molar-refractivity contribution in [1.82, 2.24) is 0 Å². The maximum Gasteiger partial charge on any atom is 0.337 e. The summed E-state index contributed by atoms with van der Waals surface area (Å²) < 4.78 is 11.2. The molecule has 154 valence electrons. The molecule has 0 spiro atoms. The number of hydrogen-bond donors (Lipinski definition) is 1. The standard InChI is InChI=1S/C22H31NO5/c1-14(2)23(21(24)16-6-4-15(3)5-7-16)20-9-8-17(12-19(20)22(25)26)28-18-10-11-27-13-18/h8-9,12,14-16,18H,4-7,10-11,13H2,1-3H3,(H,25,26). The summed E-state index contributed by atoms with van der Waals surface area (Å²) in [7, 11) is 0. The van der Waals surface area contributed by atoms with Gasteiger partial charge in [-0.15, -0.1) is 0 Å². The van der Waals surface area contributed by atoms with Gasteiger partial charge in [-0.3, -0.25) is 4.79 Å². The molecule has 1 N–H and O–H groups in total. The van der Waals surface area contributed by atoms with E-state index in [0.717, 1.165) is 32.1 Å². The number of hydrogen-bond acceptors (Lipinski definition) is 4. The molecule has 28 heavy (non-hydrogen) atoms. The minimum atomic E-state index is -1.06. The van der Waals surface area contributed by atoms with Gasteiger partial charge in [0, 0.05) is 18.4 Å². The van der Waals surface area contributed by atoms with Crippen LogP contribution < -0.4 is 9.64 Å². The van der Waals surface area contributed by atoms with E-state index >= 15 is 0 Å². The second-order valence-corrected chi connectivity index (χ2v) is 8.35. The lowest BCUT2D eigenvalue weighted by atomic mass is 9.82. The number of ether oxygens (including phenoxy) is 2. The smallest absolute Gasteiger partial charge is 0.337 e. The first-order valence-electron chi connectivity index (χ1n) is 10.3. The van der Waals surface area contributed by atoms with Crippen LogP contribution in [0.15, 0.2) is 18.2 Å². The monoisotopic (exact) mass is 389 g/mol. The maximum atomic E-state index is 13.3. The van der Waals surface area contributed by atoms with Crippen LogP contribution in [-0.2, 0) is 9.53 Å².